The van der Waals surface area contributed by atoms with Crippen molar-refractivity contribution in [3.05, 3.63) is 70.7 Å². The van der Waals surface area contributed by atoms with Crippen LogP contribution >= 0.6 is 11.6 Å². The average Bonchev–Trinajstić information content (AvgIpc) is 2.42. The first-order chi connectivity index (χ1) is 8.86. The molecule has 2 aromatic rings. The zero-order valence-corrected chi connectivity index (χ0v) is 11.2. The molecule has 0 heterocycles. The molecule has 0 aliphatic heterocycles. The third-order valence-electron chi connectivity index (χ3n) is 2.96. The highest BCUT2D eigenvalue weighted by atomic mass is 35.5. The minimum Gasteiger partial charge on any atom is -0.316 e. The molecule has 0 aliphatic rings. The summed E-state index contributed by atoms with van der Waals surface area (Å²) in [6.45, 7) is 1.98. The molecule has 2 heteroatoms. The Morgan fingerprint density at radius 1 is 0.778 bits per heavy atom. The van der Waals surface area contributed by atoms with Gasteiger partial charge in [-0.1, -0.05) is 60.1 Å². The predicted octanol–water partition coefficient (Wildman–Crippen LogP) is 3.71. The van der Waals surface area contributed by atoms with Crippen molar-refractivity contribution in [2.24, 2.45) is 0 Å². The standard InChI is InChI=1S/C16H18ClN/c17-16-9-5-4-8-15(16)11-13-18-12-10-14-6-2-1-3-7-14/h1-9,18H,10-13H2. The van der Waals surface area contributed by atoms with Gasteiger partial charge in [0.2, 0.25) is 0 Å². The van der Waals surface area contributed by atoms with Crippen LogP contribution in [0.3, 0.4) is 0 Å². The third-order valence-corrected chi connectivity index (χ3v) is 3.33. The van der Waals surface area contributed by atoms with Crippen molar-refractivity contribution in [3.8, 4) is 0 Å². The maximum Gasteiger partial charge on any atom is 0.0438 e. The Morgan fingerprint density at radius 2 is 1.44 bits per heavy atom. The van der Waals surface area contributed by atoms with Gasteiger partial charge >= 0.3 is 0 Å². The zero-order chi connectivity index (χ0) is 12.6. The van der Waals surface area contributed by atoms with Gasteiger partial charge in [0.15, 0.2) is 0 Å². The Balaban J connectivity index is 1.66. The first-order valence-corrected chi connectivity index (χ1v) is 6.72. The van der Waals surface area contributed by atoms with E-state index in [-0.39, 0.29) is 0 Å². The van der Waals surface area contributed by atoms with Crippen LogP contribution in [0.1, 0.15) is 11.1 Å². The fraction of sp³-hybridized carbons (Fsp3) is 0.250. The highest BCUT2D eigenvalue weighted by Gasteiger charge is 1.98. The van der Waals surface area contributed by atoms with Gasteiger partial charge in [-0.05, 0) is 43.1 Å². The van der Waals surface area contributed by atoms with Crippen LogP contribution in [0.2, 0.25) is 5.02 Å². The van der Waals surface area contributed by atoms with Gasteiger partial charge in [0.1, 0.15) is 0 Å². The molecule has 0 fully saturated rings. The Labute approximate surface area is 114 Å². The molecular weight excluding hydrogens is 242 g/mol. The van der Waals surface area contributed by atoms with Crippen molar-refractivity contribution in [2.75, 3.05) is 13.1 Å². The second kappa shape index (κ2) is 7.20. The third kappa shape index (κ3) is 4.17. The first-order valence-electron chi connectivity index (χ1n) is 6.34. The van der Waals surface area contributed by atoms with E-state index in [1.807, 2.05) is 24.3 Å². The summed E-state index contributed by atoms with van der Waals surface area (Å²) in [6, 6.07) is 18.6. The lowest BCUT2D eigenvalue weighted by Gasteiger charge is -2.06. The molecule has 1 nitrogen and oxygen atoms in total. The lowest BCUT2D eigenvalue weighted by atomic mass is 10.1. The van der Waals surface area contributed by atoms with Crippen LogP contribution < -0.4 is 5.32 Å². The van der Waals surface area contributed by atoms with E-state index in [1.54, 1.807) is 0 Å². The van der Waals surface area contributed by atoms with Crippen molar-refractivity contribution in [1.82, 2.24) is 5.32 Å². The van der Waals surface area contributed by atoms with Crippen LogP contribution in [0.4, 0.5) is 0 Å². The van der Waals surface area contributed by atoms with Gasteiger partial charge in [0, 0.05) is 5.02 Å². The van der Waals surface area contributed by atoms with Crippen molar-refractivity contribution >= 4 is 11.6 Å². The number of rotatable bonds is 6. The second-order valence-corrected chi connectivity index (χ2v) is 4.73. The first kappa shape index (κ1) is 13.1. The van der Waals surface area contributed by atoms with Gasteiger partial charge in [-0.25, -0.2) is 0 Å². The number of nitrogens with one attached hydrogen (secondary N) is 1. The van der Waals surface area contributed by atoms with Crippen molar-refractivity contribution < 1.29 is 0 Å². The Kier molecular flexibility index (Phi) is 5.25. The van der Waals surface area contributed by atoms with Crippen molar-refractivity contribution in [2.45, 2.75) is 12.8 Å². The molecule has 0 atom stereocenters. The highest BCUT2D eigenvalue weighted by Crippen LogP contribution is 2.14. The fourth-order valence-electron chi connectivity index (χ4n) is 1.93. The van der Waals surface area contributed by atoms with E-state index in [2.05, 4.69) is 35.6 Å². The van der Waals surface area contributed by atoms with Gasteiger partial charge < -0.3 is 5.32 Å². The molecule has 0 amide bonds. The average molecular weight is 260 g/mol. The van der Waals surface area contributed by atoms with Gasteiger partial charge in [0.05, 0.1) is 0 Å². The van der Waals surface area contributed by atoms with Crippen LogP contribution in [0.25, 0.3) is 0 Å². The number of halogens is 1. The summed E-state index contributed by atoms with van der Waals surface area (Å²) in [5.74, 6) is 0. The van der Waals surface area contributed by atoms with Gasteiger partial charge in [0.25, 0.3) is 0 Å². The summed E-state index contributed by atoms with van der Waals surface area (Å²) in [7, 11) is 0. The van der Waals surface area contributed by atoms with Gasteiger partial charge in [-0.2, -0.15) is 0 Å². The maximum atomic E-state index is 6.11. The summed E-state index contributed by atoms with van der Waals surface area (Å²) in [5, 5.41) is 4.31. The normalized spacial score (nSPS) is 10.5. The SMILES string of the molecule is Clc1ccccc1CCNCCc1ccccc1. The quantitative estimate of drug-likeness (QED) is 0.780. The molecule has 94 valence electrons. The van der Waals surface area contributed by atoms with Crippen molar-refractivity contribution in [3.63, 3.8) is 0 Å². The van der Waals surface area contributed by atoms with E-state index in [9.17, 15) is 0 Å². The Morgan fingerprint density at radius 3 is 2.22 bits per heavy atom. The van der Waals surface area contributed by atoms with E-state index in [1.165, 1.54) is 11.1 Å². The summed E-state index contributed by atoms with van der Waals surface area (Å²) < 4.78 is 0. The summed E-state index contributed by atoms with van der Waals surface area (Å²) in [5.41, 5.74) is 2.59. The molecule has 0 unspecified atom stereocenters. The highest BCUT2D eigenvalue weighted by molar-refractivity contribution is 6.31. The van der Waals surface area contributed by atoms with Crippen LogP contribution in [-0.4, -0.2) is 13.1 Å². The van der Waals surface area contributed by atoms with E-state index in [0.29, 0.717) is 0 Å². The monoisotopic (exact) mass is 259 g/mol. The second-order valence-electron chi connectivity index (χ2n) is 4.33. The van der Waals surface area contributed by atoms with Crippen LogP contribution in [-0.2, 0) is 12.8 Å². The molecule has 0 aliphatic carbocycles. The smallest absolute Gasteiger partial charge is 0.0438 e. The van der Waals surface area contributed by atoms with Crippen LogP contribution in [0.15, 0.2) is 54.6 Å². The van der Waals surface area contributed by atoms with Gasteiger partial charge in [-0.3, -0.25) is 0 Å². The van der Waals surface area contributed by atoms with Crippen molar-refractivity contribution in [1.29, 1.82) is 0 Å². The Hall–Kier alpha value is -1.31. The fourth-order valence-corrected chi connectivity index (χ4v) is 2.16. The zero-order valence-electron chi connectivity index (χ0n) is 10.4. The molecule has 18 heavy (non-hydrogen) atoms. The Bertz CT molecular complexity index is 468. The molecular formula is C16H18ClN. The van der Waals surface area contributed by atoms with E-state index < -0.39 is 0 Å². The minimum atomic E-state index is 0.863. The maximum absolute atomic E-state index is 6.11. The lowest BCUT2D eigenvalue weighted by molar-refractivity contribution is 0.682. The number of hydrogen-bond acceptors (Lipinski definition) is 1. The minimum absolute atomic E-state index is 0.863. The number of hydrogen-bond donors (Lipinski definition) is 1. The van der Waals surface area contributed by atoms with E-state index >= 15 is 0 Å². The molecule has 2 aromatic carbocycles. The largest absolute Gasteiger partial charge is 0.316 e. The van der Waals surface area contributed by atoms with Crippen LogP contribution in [0.5, 0.6) is 0 Å². The van der Waals surface area contributed by atoms with Crippen LogP contribution in [0, 0.1) is 0 Å². The molecule has 0 spiro atoms. The molecule has 0 radical (unpaired) electrons. The number of benzene rings is 2. The molecule has 1 N–H and O–H groups in total. The topological polar surface area (TPSA) is 12.0 Å². The molecule has 0 saturated heterocycles. The molecule has 0 saturated carbocycles. The molecule has 0 aromatic heterocycles. The van der Waals surface area contributed by atoms with E-state index in [4.69, 9.17) is 11.6 Å². The predicted molar refractivity (Wildman–Crippen MR) is 78.2 cm³/mol. The summed E-state index contributed by atoms with van der Waals surface area (Å²) >= 11 is 6.11. The summed E-state index contributed by atoms with van der Waals surface area (Å²) in [6.07, 6.45) is 2.05. The molecule has 2 rings (SSSR count). The van der Waals surface area contributed by atoms with E-state index in [0.717, 1.165) is 31.0 Å². The molecule has 0 bridgehead atoms. The summed E-state index contributed by atoms with van der Waals surface area (Å²) in [4.78, 5) is 0. The lowest BCUT2D eigenvalue weighted by Crippen LogP contribution is -2.20. The van der Waals surface area contributed by atoms with Gasteiger partial charge in [-0.15, -0.1) is 0 Å².